The highest BCUT2D eigenvalue weighted by atomic mass is 35.5. The molecule has 0 aliphatic rings. The van der Waals surface area contributed by atoms with E-state index in [-0.39, 0.29) is 0 Å². The summed E-state index contributed by atoms with van der Waals surface area (Å²) < 4.78 is 7.41. The molecule has 1 aromatic carbocycles. The standard InChI is InChI=1S/C13H11ClN4O/c14-12-4-2-1-3-11(12)13-6-5-10(19-13)7-17-18-8-15-16-9-18/h1-6,8-9,17H,7H2. The topological polar surface area (TPSA) is 55.9 Å². The van der Waals surface area contributed by atoms with Gasteiger partial charge in [-0.2, -0.15) is 0 Å². The van der Waals surface area contributed by atoms with Gasteiger partial charge in [-0.25, -0.2) is 4.68 Å². The molecule has 0 atom stereocenters. The van der Waals surface area contributed by atoms with E-state index in [1.807, 2.05) is 36.4 Å². The van der Waals surface area contributed by atoms with Crippen LogP contribution in [0.3, 0.4) is 0 Å². The molecule has 2 heterocycles. The average molecular weight is 275 g/mol. The highest BCUT2D eigenvalue weighted by Gasteiger charge is 2.07. The summed E-state index contributed by atoms with van der Waals surface area (Å²) in [5, 5.41) is 8.08. The Labute approximate surface area is 114 Å². The Hall–Kier alpha value is -2.27. The zero-order valence-electron chi connectivity index (χ0n) is 9.95. The quantitative estimate of drug-likeness (QED) is 0.795. The fourth-order valence-corrected chi connectivity index (χ4v) is 1.96. The summed E-state index contributed by atoms with van der Waals surface area (Å²) in [6, 6.07) is 11.4. The molecule has 0 amide bonds. The molecule has 19 heavy (non-hydrogen) atoms. The fourth-order valence-electron chi connectivity index (χ4n) is 1.73. The number of hydrogen-bond donors (Lipinski definition) is 1. The van der Waals surface area contributed by atoms with E-state index in [1.165, 1.54) is 0 Å². The summed E-state index contributed by atoms with van der Waals surface area (Å²) in [7, 11) is 0. The van der Waals surface area contributed by atoms with Crippen LogP contribution < -0.4 is 5.43 Å². The van der Waals surface area contributed by atoms with Crippen molar-refractivity contribution in [3.8, 4) is 11.3 Å². The van der Waals surface area contributed by atoms with Gasteiger partial charge in [0.2, 0.25) is 0 Å². The highest BCUT2D eigenvalue weighted by Crippen LogP contribution is 2.28. The van der Waals surface area contributed by atoms with Gasteiger partial charge in [-0.05, 0) is 24.3 Å². The van der Waals surface area contributed by atoms with Crippen LogP contribution in [-0.2, 0) is 6.54 Å². The lowest BCUT2D eigenvalue weighted by atomic mass is 10.2. The lowest BCUT2D eigenvalue weighted by Gasteiger charge is -2.03. The number of halogens is 1. The Balaban J connectivity index is 1.75. The van der Waals surface area contributed by atoms with Crippen LogP contribution in [0.2, 0.25) is 5.02 Å². The summed E-state index contributed by atoms with van der Waals surface area (Å²) >= 11 is 6.13. The van der Waals surface area contributed by atoms with Crippen molar-refractivity contribution in [2.75, 3.05) is 5.43 Å². The van der Waals surface area contributed by atoms with Gasteiger partial charge in [0.15, 0.2) is 0 Å². The van der Waals surface area contributed by atoms with Crippen LogP contribution in [0.5, 0.6) is 0 Å². The van der Waals surface area contributed by atoms with Crippen LogP contribution >= 0.6 is 11.6 Å². The van der Waals surface area contributed by atoms with E-state index in [0.29, 0.717) is 11.6 Å². The molecule has 0 aliphatic carbocycles. The fraction of sp³-hybridized carbons (Fsp3) is 0.0769. The van der Waals surface area contributed by atoms with Gasteiger partial charge in [0, 0.05) is 5.56 Å². The number of rotatable bonds is 4. The Morgan fingerprint density at radius 2 is 1.89 bits per heavy atom. The Kier molecular flexibility index (Phi) is 3.20. The molecule has 0 fully saturated rings. The van der Waals surface area contributed by atoms with Gasteiger partial charge in [0.25, 0.3) is 0 Å². The minimum absolute atomic E-state index is 0.544. The van der Waals surface area contributed by atoms with Crippen LogP contribution in [0.1, 0.15) is 5.76 Å². The number of aromatic nitrogens is 3. The number of furan rings is 1. The summed E-state index contributed by atoms with van der Waals surface area (Å²) in [4.78, 5) is 0. The third-order valence-corrected chi connectivity index (χ3v) is 2.99. The van der Waals surface area contributed by atoms with Crippen molar-refractivity contribution in [2.24, 2.45) is 0 Å². The molecule has 96 valence electrons. The molecule has 0 bridgehead atoms. The molecule has 0 radical (unpaired) electrons. The summed E-state index contributed by atoms with van der Waals surface area (Å²) in [6.45, 7) is 0.544. The van der Waals surface area contributed by atoms with Crippen LogP contribution in [0.15, 0.2) is 53.5 Å². The van der Waals surface area contributed by atoms with Crippen molar-refractivity contribution in [1.29, 1.82) is 0 Å². The molecule has 2 aromatic heterocycles. The van der Waals surface area contributed by atoms with Crippen molar-refractivity contribution >= 4 is 11.6 Å². The molecule has 3 rings (SSSR count). The summed E-state index contributed by atoms with van der Waals surface area (Å²) in [5.41, 5.74) is 3.97. The molecule has 6 heteroatoms. The number of nitrogens with zero attached hydrogens (tertiary/aromatic N) is 3. The monoisotopic (exact) mass is 274 g/mol. The van der Waals surface area contributed by atoms with Crippen molar-refractivity contribution in [3.05, 3.63) is 59.8 Å². The predicted molar refractivity (Wildman–Crippen MR) is 72.2 cm³/mol. The molecule has 3 aromatic rings. The third-order valence-electron chi connectivity index (χ3n) is 2.66. The minimum atomic E-state index is 0.544. The number of hydrogen-bond acceptors (Lipinski definition) is 4. The van der Waals surface area contributed by atoms with Crippen molar-refractivity contribution in [1.82, 2.24) is 14.9 Å². The molecule has 5 nitrogen and oxygen atoms in total. The predicted octanol–water partition coefficient (Wildman–Crippen LogP) is 2.94. The zero-order valence-corrected chi connectivity index (χ0v) is 10.7. The second kappa shape index (κ2) is 5.16. The second-order valence-corrected chi connectivity index (χ2v) is 4.36. The summed E-state index contributed by atoms with van der Waals surface area (Å²) in [6.07, 6.45) is 3.16. The first-order chi connectivity index (χ1) is 9.33. The van der Waals surface area contributed by atoms with Gasteiger partial charge >= 0.3 is 0 Å². The van der Waals surface area contributed by atoms with Crippen LogP contribution in [-0.4, -0.2) is 14.9 Å². The van der Waals surface area contributed by atoms with Crippen LogP contribution in [0, 0.1) is 0 Å². The van der Waals surface area contributed by atoms with E-state index in [2.05, 4.69) is 15.6 Å². The molecule has 0 spiro atoms. The molecule has 0 saturated carbocycles. The van der Waals surface area contributed by atoms with Gasteiger partial charge < -0.3 is 9.84 Å². The lowest BCUT2D eigenvalue weighted by molar-refractivity contribution is 0.523. The van der Waals surface area contributed by atoms with E-state index in [0.717, 1.165) is 17.1 Å². The van der Waals surface area contributed by atoms with Gasteiger partial charge in [0.1, 0.15) is 24.2 Å². The third kappa shape index (κ3) is 2.61. The van der Waals surface area contributed by atoms with Gasteiger partial charge in [-0.1, -0.05) is 23.7 Å². The molecule has 0 unspecified atom stereocenters. The molecular formula is C13H11ClN4O. The highest BCUT2D eigenvalue weighted by molar-refractivity contribution is 6.33. The normalized spacial score (nSPS) is 10.6. The van der Waals surface area contributed by atoms with E-state index < -0.39 is 0 Å². The number of benzene rings is 1. The SMILES string of the molecule is Clc1ccccc1-c1ccc(CNn2cnnc2)o1. The molecule has 1 N–H and O–H groups in total. The maximum Gasteiger partial charge on any atom is 0.138 e. The first-order valence-corrected chi connectivity index (χ1v) is 6.13. The Bertz CT molecular complexity index is 663. The van der Waals surface area contributed by atoms with E-state index in [1.54, 1.807) is 17.3 Å². The van der Waals surface area contributed by atoms with Crippen molar-refractivity contribution in [2.45, 2.75) is 6.54 Å². The average Bonchev–Trinajstić information content (AvgIpc) is 3.08. The second-order valence-electron chi connectivity index (χ2n) is 3.95. The summed E-state index contributed by atoms with van der Waals surface area (Å²) in [5.74, 6) is 1.56. The van der Waals surface area contributed by atoms with Crippen molar-refractivity contribution in [3.63, 3.8) is 0 Å². The maximum atomic E-state index is 6.13. The van der Waals surface area contributed by atoms with Gasteiger partial charge in [-0.3, -0.25) is 0 Å². The van der Waals surface area contributed by atoms with E-state index in [9.17, 15) is 0 Å². The van der Waals surface area contributed by atoms with Gasteiger partial charge in [-0.15, -0.1) is 10.2 Å². The minimum Gasteiger partial charge on any atom is -0.459 e. The smallest absolute Gasteiger partial charge is 0.138 e. The Morgan fingerprint density at radius 1 is 1.11 bits per heavy atom. The first kappa shape index (κ1) is 11.8. The largest absolute Gasteiger partial charge is 0.459 e. The zero-order chi connectivity index (χ0) is 13.1. The number of nitrogens with one attached hydrogen (secondary N) is 1. The molecular weight excluding hydrogens is 264 g/mol. The lowest BCUT2D eigenvalue weighted by Crippen LogP contribution is -2.11. The van der Waals surface area contributed by atoms with E-state index >= 15 is 0 Å². The van der Waals surface area contributed by atoms with Crippen molar-refractivity contribution < 1.29 is 4.42 Å². The van der Waals surface area contributed by atoms with E-state index in [4.69, 9.17) is 16.0 Å². The molecule has 0 aliphatic heterocycles. The van der Waals surface area contributed by atoms with Crippen LogP contribution in [0.4, 0.5) is 0 Å². The van der Waals surface area contributed by atoms with Gasteiger partial charge in [0.05, 0.1) is 11.6 Å². The first-order valence-electron chi connectivity index (χ1n) is 5.75. The Morgan fingerprint density at radius 3 is 2.68 bits per heavy atom. The molecule has 0 saturated heterocycles. The maximum absolute atomic E-state index is 6.13. The van der Waals surface area contributed by atoms with Crippen LogP contribution in [0.25, 0.3) is 11.3 Å².